The quantitative estimate of drug-likeness (QED) is 0.546. The van der Waals surface area contributed by atoms with Crippen molar-refractivity contribution in [2.75, 3.05) is 5.32 Å². The molecule has 128 valence electrons. The minimum atomic E-state index is 0. The maximum absolute atomic E-state index is 5.32. The van der Waals surface area contributed by atoms with Crippen molar-refractivity contribution in [3.8, 4) is 11.1 Å². The van der Waals surface area contributed by atoms with E-state index in [2.05, 4.69) is 44.7 Å². The van der Waals surface area contributed by atoms with Gasteiger partial charge in [-0.15, -0.1) is 0 Å². The Labute approximate surface area is 147 Å². The minimum absolute atomic E-state index is 0. The molecule has 0 saturated carbocycles. The average Bonchev–Trinajstić information content (AvgIpc) is 3.20. The van der Waals surface area contributed by atoms with Crippen molar-refractivity contribution in [2.24, 2.45) is 0 Å². The minimum Gasteiger partial charge on any atom is -0.379 e. The lowest BCUT2D eigenvalue weighted by molar-refractivity contribution is 0.393. The molecule has 5 heteroatoms. The van der Waals surface area contributed by atoms with Crippen LogP contribution in [0.3, 0.4) is 0 Å². The van der Waals surface area contributed by atoms with Crippen LogP contribution in [-0.2, 0) is 6.54 Å². The molecule has 2 aromatic carbocycles. The van der Waals surface area contributed by atoms with Crippen LogP contribution < -0.4 is 5.32 Å². The molecular weight excluding hydrogens is 312 g/mol. The third-order valence-electron chi connectivity index (χ3n) is 4.17. The van der Waals surface area contributed by atoms with Gasteiger partial charge in [-0.2, -0.15) is 0 Å². The van der Waals surface area contributed by atoms with Gasteiger partial charge in [0, 0.05) is 12.1 Å². The number of aryl methyl sites for hydroxylation is 2. The predicted octanol–water partition coefficient (Wildman–Crippen LogP) is 5.08. The van der Waals surface area contributed by atoms with Gasteiger partial charge in [-0.25, -0.2) is 4.98 Å². The SMILES string of the molecule is C.Cc1noc(C)c1-c1cc(NCc2ccccc2)c2nc[nH]c2c1. The van der Waals surface area contributed by atoms with Gasteiger partial charge in [-0.05, 0) is 37.1 Å². The van der Waals surface area contributed by atoms with Crippen molar-refractivity contribution in [2.45, 2.75) is 27.8 Å². The van der Waals surface area contributed by atoms with E-state index in [0.29, 0.717) is 0 Å². The Morgan fingerprint density at radius 1 is 1.12 bits per heavy atom. The van der Waals surface area contributed by atoms with Crippen molar-refractivity contribution in [3.63, 3.8) is 0 Å². The van der Waals surface area contributed by atoms with Crippen molar-refractivity contribution < 1.29 is 4.52 Å². The van der Waals surface area contributed by atoms with Crippen LogP contribution in [0.25, 0.3) is 22.2 Å². The molecule has 0 amide bonds. The Morgan fingerprint density at radius 2 is 1.92 bits per heavy atom. The van der Waals surface area contributed by atoms with Crippen LogP contribution in [0.5, 0.6) is 0 Å². The standard InChI is InChI=1S/C19H18N4O.CH4/c1-12-18(13(2)24-23-12)15-8-16(19-17(9-15)21-11-22-19)20-10-14-6-4-3-5-7-14;/h3-9,11,20H,10H2,1-2H3,(H,21,22);1H4. The molecule has 25 heavy (non-hydrogen) atoms. The molecule has 2 N–H and O–H groups in total. The van der Waals surface area contributed by atoms with Gasteiger partial charge in [0.2, 0.25) is 0 Å². The summed E-state index contributed by atoms with van der Waals surface area (Å²) < 4.78 is 5.32. The lowest BCUT2D eigenvalue weighted by atomic mass is 10.0. The number of hydrogen-bond acceptors (Lipinski definition) is 4. The van der Waals surface area contributed by atoms with Crippen molar-refractivity contribution >= 4 is 16.7 Å². The summed E-state index contributed by atoms with van der Waals surface area (Å²) in [6.45, 7) is 4.64. The summed E-state index contributed by atoms with van der Waals surface area (Å²) in [5, 5.41) is 7.56. The Kier molecular flexibility index (Phi) is 4.57. The Balaban J connectivity index is 0.00000182. The van der Waals surface area contributed by atoms with Gasteiger partial charge in [0.05, 0.1) is 23.2 Å². The highest BCUT2D eigenvalue weighted by atomic mass is 16.5. The number of aromatic amines is 1. The van der Waals surface area contributed by atoms with Gasteiger partial charge in [-0.1, -0.05) is 42.9 Å². The molecule has 0 atom stereocenters. The molecule has 4 rings (SSSR count). The Hall–Kier alpha value is -3.08. The molecule has 2 aromatic heterocycles. The van der Waals surface area contributed by atoms with Crippen molar-refractivity contribution in [3.05, 3.63) is 65.8 Å². The van der Waals surface area contributed by atoms with Gasteiger partial charge in [0.1, 0.15) is 11.3 Å². The number of hydrogen-bond donors (Lipinski definition) is 2. The fourth-order valence-electron chi connectivity index (χ4n) is 3.02. The molecule has 4 aromatic rings. The summed E-state index contributed by atoms with van der Waals surface area (Å²) in [4.78, 5) is 7.64. The average molecular weight is 334 g/mol. The lowest BCUT2D eigenvalue weighted by Gasteiger charge is -2.10. The van der Waals surface area contributed by atoms with Crippen LogP contribution in [0.1, 0.15) is 24.4 Å². The topological polar surface area (TPSA) is 66.7 Å². The molecule has 0 radical (unpaired) electrons. The van der Waals surface area contributed by atoms with E-state index < -0.39 is 0 Å². The summed E-state index contributed by atoms with van der Waals surface area (Å²) in [6.07, 6.45) is 1.72. The maximum atomic E-state index is 5.32. The third-order valence-corrected chi connectivity index (χ3v) is 4.17. The molecule has 0 unspecified atom stereocenters. The van der Waals surface area contributed by atoms with Crippen LogP contribution in [-0.4, -0.2) is 15.1 Å². The van der Waals surface area contributed by atoms with E-state index in [-0.39, 0.29) is 7.43 Å². The Bertz CT molecular complexity index is 966. The molecule has 0 spiro atoms. The number of nitrogens with one attached hydrogen (secondary N) is 2. The normalized spacial score (nSPS) is 10.6. The fraction of sp³-hybridized carbons (Fsp3) is 0.200. The third kappa shape index (κ3) is 3.13. The molecular formula is C20H22N4O. The summed E-state index contributed by atoms with van der Waals surface area (Å²) in [5.74, 6) is 0.820. The molecule has 0 bridgehead atoms. The lowest BCUT2D eigenvalue weighted by Crippen LogP contribution is -2.00. The van der Waals surface area contributed by atoms with Gasteiger partial charge in [-0.3, -0.25) is 0 Å². The van der Waals surface area contributed by atoms with E-state index in [1.165, 1.54) is 5.56 Å². The zero-order chi connectivity index (χ0) is 16.5. The zero-order valence-electron chi connectivity index (χ0n) is 13.6. The summed E-state index contributed by atoms with van der Waals surface area (Å²) in [7, 11) is 0. The van der Waals surface area contributed by atoms with E-state index in [4.69, 9.17) is 4.52 Å². The van der Waals surface area contributed by atoms with E-state index in [1.807, 2.05) is 32.0 Å². The number of nitrogens with zero attached hydrogens (tertiary/aromatic N) is 2. The predicted molar refractivity (Wildman–Crippen MR) is 102 cm³/mol. The highest BCUT2D eigenvalue weighted by Gasteiger charge is 2.15. The first-order chi connectivity index (χ1) is 11.7. The van der Waals surface area contributed by atoms with Crippen LogP contribution >= 0.6 is 0 Å². The molecule has 0 aliphatic carbocycles. The number of rotatable bonds is 4. The van der Waals surface area contributed by atoms with Crippen LogP contribution in [0, 0.1) is 13.8 Å². The summed E-state index contributed by atoms with van der Waals surface area (Å²) in [6, 6.07) is 14.5. The van der Waals surface area contributed by atoms with E-state index in [0.717, 1.165) is 45.8 Å². The number of H-pyrrole nitrogens is 1. The van der Waals surface area contributed by atoms with Gasteiger partial charge in [0.15, 0.2) is 0 Å². The highest BCUT2D eigenvalue weighted by Crippen LogP contribution is 2.33. The second-order valence-corrected chi connectivity index (χ2v) is 5.86. The van der Waals surface area contributed by atoms with E-state index in [1.54, 1.807) is 6.33 Å². The second kappa shape index (κ2) is 6.81. The summed E-state index contributed by atoms with van der Waals surface area (Å²) >= 11 is 0. The molecule has 2 heterocycles. The molecule has 5 nitrogen and oxygen atoms in total. The molecule has 0 aliphatic rings. The van der Waals surface area contributed by atoms with Gasteiger partial charge >= 0.3 is 0 Å². The number of anilines is 1. The van der Waals surface area contributed by atoms with Crippen LogP contribution in [0.15, 0.2) is 53.3 Å². The van der Waals surface area contributed by atoms with Gasteiger partial charge in [0.25, 0.3) is 0 Å². The first-order valence-electron chi connectivity index (χ1n) is 7.90. The van der Waals surface area contributed by atoms with Crippen LogP contribution in [0.4, 0.5) is 5.69 Å². The number of imidazole rings is 1. The molecule has 0 fully saturated rings. The first-order valence-corrected chi connectivity index (χ1v) is 7.90. The highest BCUT2D eigenvalue weighted by molar-refractivity contribution is 5.93. The van der Waals surface area contributed by atoms with Gasteiger partial charge < -0.3 is 14.8 Å². The maximum Gasteiger partial charge on any atom is 0.141 e. The number of fused-ring (bicyclic) bond motifs is 1. The molecule has 0 aliphatic heterocycles. The monoisotopic (exact) mass is 334 g/mol. The first kappa shape index (κ1) is 16.8. The summed E-state index contributed by atoms with van der Waals surface area (Å²) in [5.41, 5.74) is 7.13. The molecule has 0 saturated heterocycles. The van der Waals surface area contributed by atoms with Crippen LogP contribution in [0.2, 0.25) is 0 Å². The largest absolute Gasteiger partial charge is 0.379 e. The van der Waals surface area contributed by atoms with Crippen molar-refractivity contribution in [1.29, 1.82) is 0 Å². The smallest absolute Gasteiger partial charge is 0.141 e. The van der Waals surface area contributed by atoms with E-state index >= 15 is 0 Å². The number of benzene rings is 2. The number of aromatic nitrogens is 3. The van der Waals surface area contributed by atoms with E-state index in [9.17, 15) is 0 Å². The Morgan fingerprint density at radius 3 is 2.64 bits per heavy atom. The second-order valence-electron chi connectivity index (χ2n) is 5.86. The van der Waals surface area contributed by atoms with Crippen molar-refractivity contribution in [1.82, 2.24) is 15.1 Å². The fourth-order valence-corrected chi connectivity index (χ4v) is 3.02. The zero-order valence-corrected chi connectivity index (χ0v) is 13.6.